The molecule has 0 unspecified atom stereocenters. The Labute approximate surface area is 220 Å². The van der Waals surface area contributed by atoms with Gasteiger partial charge in [-0.25, -0.2) is 0 Å². The quantitative estimate of drug-likeness (QED) is 0.205. The number of nitrogens with zero attached hydrogens (tertiary/aromatic N) is 1. The van der Waals surface area contributed by atoms with Crippen molar-refractivity contribution < 1.29 is 0 Å². The summed E-state index contributed by atoms with van der Waals surface area (Å²) < 4.78 is 2.49. The summed E-state index contributed by atoms with van der Waals surface area (Å²) >= 11 is 0. The number of para-hydroxylation sites is 2. The van der Waals surface area contributed by atoms with Crippen LogP contribution >= 0.6 is 0 Å². The van der Waals surface area contributed by atoms with Crippen LogP contribution in [0.15, 0.2) is 115 Å². The van der Waals surface area contributed by atoms with Crippen LogP contribution < -0.4 is 0 Å². The maximum Gasteiger partial charge on any atom is 0.0582 e. The van der Waals surface area contributed by atoms with E-state index in [0.717, 1.165) is 0 Å². The summed E-state index contributed by atoms with van der Waals surface area (Å²) in [6, 6.07) is 43.2. The van der Waals surface area contributed by atoms with E-state index in [1.165, 1.54) is 82.1 Å². The molecule has 2 heterocycles. The highest BCUT2D eigenvalue weighted by Crippen LogP contribution is 2.48. The molecule has 7 aromatic carbocycles. The topological polar surface area (TPSA) is 4.93 Å². The number of fused-ring (bicyclic) bond motifs is 5. The Bertz CT molecular complexity index is 2240. The van der Waals surface area contributed by atoms with Crippen LogP contribution in [-0.4, -0.2) is 4.57 Å². The van der Waals surface area contributed by atoms with Gasteiger partial charge in [-0.3, -0.25) is 0 Å². The first-order chi connectivity index (χ1) is 18.6. The fourth-order valence-electron chi connectivity index (χ4n) is 7.32. The van der Waals surface area contributed by atoms with Gasteiger partial charge in [0, 0.05) is 16.2 Å². The van der Waals surface area contributed by atoms with Gasteiger partial charge in [-0.1, -0.05) is 111 Å². The minimum Gasteiger partial charge on any atom is -0.309 e. The molecule has 0 saturated carbocycles. The molecule has 0 atom stereocenters. The number of aromatic nitrogens is 1. The van der Waals surface area contributed by atoms with E-state index in [0.29, 0.717) is 0 Å². The lowest BCUT2D eigenvalue weighted by atomic mass is 9.75. The van der Waals surface area contributed by atoms with Gasteiger partial charge in [0.15, 0.2) is 0 Å². The maximum absolute atomic E-state index is 2.49. The van der Waals surface area contributed by atoms with Gasteiger partial charge in [-0.15, -0.1) is 0 Å². The van der Waals surface area contributed by atoms with Crippen molar-refractivity contribution in [1.82, 2.24) is 4.57 Å². The minimum absolute atomic E-state index is 0.0462. The summed E-state index contributed by atoms with van der Waals surface area (Å²) in [4.78, 5) is 0. The molecule has 0 bridgehead atoms. The molecule has 9 rings (SSSR count). The van der Waals surface area contributed by atoms with Crippen LogP contribution in [0.25, 0.3) is 70.9 Å². The number of benzene rings is 7. The molecule has 0 spiro atoms. The highest BCUT2D eigenvalue weighted by Gasteiger charge is 2.34. The Kier molecular flexibility index (Phi) is 3.67. The Morgan fingerprint density at radius 2 is 1.24 bits per heavy atom. The summed E-state index contributed by atoms with van der Waals surface area (Å²) in [6.45, 7) is 4.72. The predicted octanol–water partition coefficient (Wildman–Crippen LogP) is 9.99. The van der Waals surface area contributed by atoms with E-state index < -0.39 is 0 Å². The molecule has 1 aliphatic heterocycles. The van der Waals surface area contributed by atoms with Gasteiger partial charge in [-0.05, 0) is 72.8 Å². The second-order valence-electron chi connectivity index (χ2n) is 11.4. The van der Waals surface area contributed by atoms with Crippen LogP contribution in [0.2, 0.25) is 0 Å². The standard InChI is InChI=1S/C37H25N/c1-37(2)30-10-3-4-12-33(30)38-32-20-17-25(21-29(32)28-9-6-11-31(37)36(28)38)26-18-15-24-14-13-22-7-5-8-23-16-19-27(26)35(24)34(22)23/h3-21H,1-2H3. The lowest BCUT2D eigenvalue weighted by Gasteiger charge is -2.34. The van der Waals surface area contributed by atoms with Crippen LogP contribution in [0.4, 0.5) is 0 Å². The molecule has 1 aliphatic rings. The Hall–Kier alpha value is -4.62. The van der Waals surface area contributed by atoms with E-state index in [-0.39, 0.29) is 5.41 Å². The summed E-state index contributed by atoms with van der Waals surface area (Å²) in [7, 11) is 0. The van der Waals surface area contributed by atoms with Gasteiger partial charge in [0.1, 0.15) is 0 Å². The summed E-state index contributed by atoms with van der Waals surface area (Å²) in [5.41, 5.74) is 9.22. The van der Waals surface area contributed by atoms with Gasteiger partial charge >= 0.3 is 0 Å². The first-order valence-electron chi connectivity index (χ1n) is 13.5. The first kappa shape index (κ1) is 20.4. The molecule has 0 fully saturated rings. The van der Waals surface area contributed by atoms with Gasteiger partial charge in [-0.2, -0.15) is 0 Å². The molecule has 0 N–H and O–H groups in total. The third-order valence-electron chi connectivity index (χ3n) is 9.12. The lowest BCUT2D eigenvalue weighted by Crippen LogP contribution is -2.26. The first-order valence-corrected chi connectivity index (χ1v) is 13.5. The van der Waals surface area contributed by atoms with Crippen LogP contribution in [0.3, 0.4) is 0 Å². The van der Waals surface area contributed by atoms with Gasteiger partial charge in [0.25, 0.3) is 0 Å². The van der Waals surface area contributed by atoms with Crippen molar-refractivity contribution in [1.29, 1.82) is 0 Å². The van der Waals surface area contributed by atoms with E-state index >= 15 is 0 Å². The molecule has 1 nitrogen and oxygen atoms in total. The van der Waals surface area contributed by atoms with Crippen molar-refractivity contribution in [3.63, 3.8) is 0 Å². The summed E-state index contributed by atoms with van der Waals surface area (Å²) in [6.07, 6.45) is 0. The van der Waals surface area contributed by atoms with E-state index in [9.17, 15) is 0 Å². The second kappa shape index (κ2) is 6.82. The fraction of sp³-hybridized carbons (Fsp3) is 0.0811. The minimum atomic E-state index is -0.0462. The average Bonchev–Trinajstić information content (AvgIpc) is 3.29. The molecule has 0 saturated heterocycles. The van der Waals surface area contributed by atoms with Gasteiger partial charge < -0.3 is 4.57 Å². The van der Waals surface area contributed by atoms with E-state index in [1.54, 1.807) is 0 Å². The third-order valence-corrected chi connectivity index (χ3v) is 9.12. The van der Waals surface area contributed by atoms with Crippen molar-refractivity contribution in [2.45, 2.75) is 19.3 Å². The van der Waals surface area contributed by atoms with E-state index in [4.69, 9.17) is 0 Å². The molecule has 0 radical (unpaired) electrons. The second-order valence-corrected chi connectivity index (χ2v) is 11.4. The molecule has 0 amide bonds. The van der Waals surface area contributed by atoms with E-state index in [2.05, 4.69) is 134 Å². The van der Waals surface area contributed by atoms with Crippen LogP contribution in [-0.2, 0) is 5.41 Å². The normalized spacial score (nSPS) is 14.3. The van der Waals surface area contributed by atoms with Crippen molar-refractivity contribution in [2.24, 2.45) is 0 Å². The molecular formula is C37H25N. The number of rotatable bonds is 1. The summed E-state index contributed by atoms with van der Waals surface area (Å²) in [5.74, 6) is 0. The number of hydrogen-bond donors (Lipinski definition) is 0. The van der Waals surface area contributed by atoms with E-state index in [1.807, 2.05) is 0 Å². The zero-order chi connectivity index (χ0) is 25.2. The highest BCUT2D eigenvalue weighted by molar-refractivity contribution is 6.25. The lowest BCUT2D eigenvalue weighted by molar-refractivity contribution is 0.630. The molecular weight excluding hydrogens is 458 g/mol. The van der Waals surface area contributed by atoms with Gasteiger partial charge in [0.2, 0.25) is 0 Å². The van der Waals surface area contributed by atoms with Crippen LogP contribution in [0.1, 0.15) is 25.0 Å². The average molecular weight is 484 g/mol. The van der Waals surface area contributed by atoms with Crippen molar-refractivity contribution in [2.75, 3.05) is 0 Å². The third kappa shape index (κ3) is 2.38. The zero-order valence-electron chi connectivity index (χ0n) is 21.4. The molecule has 1 aromatic heterocycles. The van der Waals surface area contributed by atoms with Crippen molar-refractivity contribution in [3.05, 3.63) is 126 Å². The fourth-order valence-corrected chi connectivity index (χ4v) is 7.32. The highest BCUT2D eigenvalue weighted by atomic mass is 15.0. The number of hydrogen-bond acceptors (Lipinski definition) is 0. The smallest absolute Gasteiger partial charge is 0.0582 e. The largest absolute Gasteiger partial charge is 0.309 e. The molecule has 0 aliphatic carbocycles. The Morgan fingerprint density at radius 1 is 0.526 bits per heavy atom. The SMILES string of the molecule is CC1(C)c2ccccc2-n2c3ccc(-c4ccc5ccc6cccc7ccc4c5c67)cc3c3cccc1c32. The zero-order valence-corrected chi connectivity index (χ0v) is 21.4. The Balaban J connectivity index is 1.38. The van der Waals surface area contributed by atoms with Crippen molar-refractivity contribution >= 4 is 54.1 Å². The maximum atomic E-state index is 2.49. The molecule has 178 valence electrons. The van der Waals surface area contributed by atoms with Crippen LogP contribution in [0.5, 0.6) is 0 Å². The van der Waals surface area contributed by atoms with Crippen LogP contribution in [0, 0.1) is 0 Å². The monoisotopic (exact) mass is 483 g/mol. The Morgan fingerprint density at radius 3 is 2.11 bits per heavy atom. The van der Waals surface area contributed by atoms with Gasteiger partial charge in [0.05, 0.1) is 16.7 Å². The predicted molar refractivity (Wildman–Crippen MR) is 162 cm³/mol. The van der Waals surface area contributed by atoms with Crippen molar-refractivity contribution in [3.8, 4) is 16.8 Å². The summed E-state index contributed by atoms with van der Waals surface area (Å²) in [5, 5.41) is 10.6. The molecule has 8 aromatic rings. The molecule has 1 heteroatoms. The molecule has 38 heavy (non-hydrogen) atoms.